The molecule has 124 valence electrons. The molecule has 23 heavy (non-hydrogen) atoms. The van der Waals surface area contributed by atoms with Crippen LogP contribution in [0.25, 0.3) is 6.08 Å². The Morgan fingerprint density at radius 3 is 2.74 bits per heavy atom. The molecule has 1 aromatic heterocycles. The number of aliphatic carboxylic acids is 1. The lowest BCUT2D eigenvalue weighted by Gasteiger charge is -2.40. The largest absolute Gasteiger partial charge is 0.478 e. The zero-order chi connectivity index (χ0) is 16.1. The maximum absolute atomic E-state index is 10.5. The second kappa shape index (κ2) is 7.08. The summed E-state index contributed by atoms with van der Waals surface area (Å²) < 4.78 is 0. The lowest BCUT2D eigenvalue weighted by atomic mass is 9.74. The van der Waals surface area contributed by atoms with Crippen molar-refractivity contribution in [1.82, 2.24) is 15.3 Å². The zero-order valence-corrected chi connectivity index (χ0v) is 13.3. The third-order valence-corrected chi connectivity index (χ3v) is 5.02. The number of carboxylic acids is 1. The Kier molecular flexibility index (Phi) is 4.91. The van der Waals surface area contributed by atoms with Crippen molar-refractivity contribution < 1.29 is 9.90 Å². The quantitative estimate of drug-likeness (QED) is 0.723. The van der Waals surface area contributed by atoms with Gasteiger partial charge in [0.05, 0.1) is 23.6 Å². The van der Waals surface area contributed by atoms with Crippen LogP contribution in [0.3, 0.4) is 0 Å². The molecule has 1 aromatic rings. The van der Waals surface area contributed by atoms with Crippen molar-refractivity contribution in [2.75, 3.05) is 18.4 Å². The van der Waals surface area contributed by atoms with E-state index in [1.54, 1.807) is 12.4 Å². The summed E-state index contributed by atoms with van der Waals surface area (Å²) >= 11 is 0. The van der Waals surface area contributed by atoms with E-state index in [1.165, 1.54) is 38.2 Å². The number of rotatable bonds is 5. The summed E-state index contributed by atoms with van der Waals surface area (Å²) in [6.07, 6.45) is 13.5. The van der Waals surface area contributed by atoms with E-state index in [9.17, 15) is 4.79 Å². The van der Waals surface area contributed by atoms with E-state index in [1.807, 2.05) is 0 Å². The van der Waals surface area contributed by atoms with Gasteiger partial charge < -0.3 is 15.7 Å². The summed E-state index contributed by atoms with van der Waals surface area (Å²) in [5.41, 5.74) is 0.627. The van der Waals surface area contributed by atoms with Crippen molar-refractivity contribution in [1.29, 1.82) is 0 Å². The maximum Gasteiger partial charge on any atom is 0.328 e. The van der Waals surface area contributed by atoms with Crippen molar-refractivity contribution in [3.63, 3.8) is 0 Å². The van der Waals surface area contributed by atoms with E-state index in [4.69, 9.17) is 5.11 Å². The summed E-state index contributed by atoms with van der Waals surface area (Å²) in [5.74, 6) is 0.466. The van der Waals surface area contributed by atoms with Gasteiger partial charge in [0.1, 0.15) is 5.82 Å². The van der Waals surface area contributed by atoms with Crippen molar-refractivity contribution >= 4 is 17.9 Å². The third-order valence-electron chi connectivity index (χ3n) is 5.02. The van der Waals surface area contributed by atoms with E-state index < -0.39 is 5.97 Å². The number of hydrogen-bond acceptors (Lipinski definition) is 5. The molecular weight excluding hydrogens is 292 g/mol. The third kappa shape index (κ3) is 3.88. The molecule has 0 radical (unpaired) electrons. The summed E-state index contributed by atoms with van der Waals surface area (Å²) in [6, 6.07) is 0. The van der Waals surface area contributed by atoms with Crippen LogP contribution < -0.4 is 10.6 Å². The number of carboxylic acid groups (broad SMARTS) is 1. The first-order valence-electron chi connectivity index (χ1n) is 8.40. The van der Waals surface area contributed by atoms with Crippen LogP contribution in [0.5, 0.6) is 0 Å². The molecule has 3 rings (SSSR count). The first-order valence-corrected chi connectivity index (χ1v) is 8.40. The fraction of sp³-hybridized carbons (Fsp3) is 0.588. The van der Waals surface area contributed by atoms with Crippen LogP contribution in [0.4, 0.5) is 5.82 Å². The van der Waals surface area contributed by atoms with E-state index in [0.717, 1.165) is 31.4 Å². The lowest BCUT2D eigenvalue weighted by molar-refractivity contribution is -0.131. The van der Waals surface area contributed by atoms with Crippen LogP contribution in [0, 0.1) is 5.92 Å². The van der Waals surface area contributed by atoms with Gasteiger partial charge in [-0.05, 0) is 37.8 Å². The standard InChI is InChI=1S/C17H24N4O2/c22-16(23)7-6-14-10-20-15(11-19-14)21-17(8-9-18-12-17)13-4-2-1-3-5-13/h6-7,10-11,13,18H,1-5,8-9,12H2,(H,20,21)(H,22,23)/b7-6+/t17-/m0/s1. The highest BCUT2D eigenvalue weighted by Gasteiger charge is 2.41. The summed E-state index contributed by atoms with van der Waals surface area (Å²) in [5, 5.41) is 15.8. The van der Waals surface area contributed by atoms with Crippen LogP contribution in [-0.4, -0.2) is 39.7 Å². The van der Waals surface area contributed by atoms with Gasteiger partial charge in [-0.2, -0.15) is 0 Å². The van der Waals surface area contributed by atoms with Crippen LogP contribution in [-0.2, 0) is 4.79 Å². The molecule has 6 nitrogen and oxygen atoms in total. The maximum atomic E-state index is 10.5. The highest BCUT2D eigenvalue weighted by molar-refractivity contribution is 5.84. The average molecular weight is 316 g/mol. The van der Waals surface area contributed by atoms with Gasteiger partial charge in [-0.1, -0.05) is 19.3 Å². The highest BCUT2D eigenvalue weighted by Crippen LogP contribution is 2.38. The number of hydrogen-bond donors (Lipinski definition) is 3. The van der Waals surface area contributed by atoms with Crippen LogP contribution >= 0.6 is 0 Å². The monoisotopic (exact) mass is 316 g/mol. The minimum absolute atomic E-state index is 0.0769. The van der Waals surface area contributed by atoms with Gasteiger partial charge in [0.2, 0.25) is 0 Å². The van der Waals surface area contributed by atoms with Crippen molar-refractivity contribution in [3.05, 3.63) is 24.2 Å². The molecule has 3 N–H and O–H groups in total. The van der Waals surface area contributed by atoms with E-state index in [-0.39, 0.29) is 5.54 Å². The molecule has 2 heterocycles. The topological polar surface area (TPSA) is 87.1 Å². The number of nitrogens with one attached hydrogen (secondary N) is 2. The summed E-state index contributed by atoms with van der Waals surface area (Å²) in [6.45, 7) is 2.01. The molecule has 1 aliphatic carbocycles. The Morgan fingerprint density at radius 1 is 1.30 bits per heavy atom. The zero-order valence-electron chi connectivity index (χ0n) is 13.3. The van der Waals surface area contributed by atoms with Crippen molar-refractivity contribution in [2.45, 2.75) is 44.1 Å². The smallest absolute Gasteiger partial charge is 0.328 e. The molecule has 1 aliphatic heterocycles. The summed E-state index contributed by atoms with van der Waals surface area (Å²) in [7, 11) is 0. The minimum Gasteiger partial charge on any atom is -0.478 e. The molecule has 0 spiro atoms. The molecule has 2 aliphatic rings. The molecule has 1 saturated heterocycles. The molecule has 1 saturated carbocycles. The van der Waals surface area contributed by atoms with Gasteiger partial charge >= 0.3 is 5.97 Å². The molecule has 0 aromatic carbocycles. The highest BCUT2D eigenvalue weighted by atomic mass is 16.4. The predicted octanol–water partition coefficient (Wildman–Crippen LogP) is 2.30. The van der Waals surface area contributed by atoms with Crippen molar-refractivity contribution in [3.8, 4) is 0 Å². The Morgan fingerprint density at radius 2 is 2.13 bits per heavy atom. The van der Waals surface area contributed by atoms with Crippen molar-refractivity contribution in [2.24, 2.45) is 5.92 Å². The van der Waals surface area contributed by atoms with E-state index >= 15 is 0 Å². The Labute approximate surface area is 136 Å². The number of aromatic nitrogens is 2. The van der Waals surface area contributed by atoms with Gasteiger partial charge in [-0.15, -0.1) is 0 Å². The Bertz CT molecular complexity index is 558. The normalized spacial score (nSPS) is 25.7. The average Bonchev–Trinajstić information content (AvgIpc) is 3.05. The molecule has 1 atom stereocenters. The van der Waals surface area contributed by atoms with Gasteiger partial charge in [-0.3, -0.25) is 4.98 Å². The Hall–Kier alpha value is -1.95. The molecule has 6 heteroatoms. The fourth-order valence-electron chi connectivity index (χ4n) is 3.82. The summed E-state index contributed by atoms with van der Waals surface area (Å²) in [4.78, 5) is 19.2. The Balaban J connectivity index is 1.71. The first-order chi connectivity index (χ1) is 11.2. The number of nitrogens with zero attached hydrogens (tertiary/aromatic N) is 2. The van der Waals surface area contributed by atoms with Gasteiger partial charge in [0.15, 0.2) is 0 Å². The number of carbonyl (C=O) groups is 1. The molecule has 0 bridgehead atoms. The fourth-order valence-corrected chi connectivity index (χ4v) is 3.82. The lowest BCUT2D eigenvalue weighted by Crippen LogP contribution is -2.48. The minimum atomic E-state index is -0.984. The number of anilines is 1. The first kappa shape index (κ1) is 15.9. The van der Waals surface area contributed by atoms with E-state index in [2.05, 4.69) is 20.6 Å². The molecule has 0 unspecified atom stereocenters. The molecule has 0 amide bonds. The second-order valence-electron chi connectivity index (χ2n) is 6.54. The van der Waals surface area contributed by atoms with Crippen LogP contribution in [0.1, 0.15) is 44.2 Å². The van der Waals surface area contributed by atoms with E-state index in [0.29, 0.717) is 11.6 Å². The van der Waals surface area contributed by atoms with Gasteiger partial charge in [0.25, 0.3) is 0 Å². The second-order valence-corrected chi connectivity index (χ2v) is 6.54. The van der Waals surface area contributed by atoms with Crippen LogP contribution in [0.2, 0.25) is 0 Å². The van der Waals surface area contributed by atoms with Gasteiger partial charge in [-0.25, -0.2) is 9.78 Å². The molecule has 2 fully saturated rings. The van der Waals surface area contributed by atoms with Gasteiger partial charge in [0, 0.05) is 12.6 Å². The van der Waals surface area contributed by atoms with Crippen LogP contribution in [0.15, 0.2) is 18.5 Å². The predicted molar refractivity (Wildman–Crippen MR) is 89.1 cm³/mol. The SMILES string of the molecule is O=C(O)/C=C/c1cnc(N[C@@]2(C3CCCCC3)CCNC2)cn1. The molecular formula is C17H24N4O2.